The van der Waals surface area contributed by atoms with Crippen molar-refractivity contribution in [3.63, 3.8) is 0 Å². The maximum atomic E-state index is 10.5. The molecule has 0 radical (unpaired) electrons. The fraction of sp³-hybridized carbons (Fsp3) is 0.455. The Hall–Kier alpha value is -0.950. The molecule has 98 valence electrons. The predicted molar refractivity (Wildman–Crippen MR) is 66.3 cm³/mol. The van der Waals surface area contributed by atoms with Crippen molar-refractivity contribution in [3.8, 4) is 0 Å². The fourth-order valence-electron chi connectivity index (χ4n) is 0.877. The van der Waals surface area contributed by atoms with Gasteiger partial charge in [-0.25, -0.2) is 0 Å². The first-order valence-electron chi connectivity index (χ1n) is 5.23. The van der Waals surface area contributed by atoms with Gasteiger partial charge in [0.2, 0.25) is 0 Å². The van der Waals surface area contributed by atoms with Gasteiger partial charge in [0.05, 0.1) is 11.0 Å². The largest absolute Gasteiger partial charge is 0.392 e. The second kappa shape index (κ2) is 7.39. The summed E-state index contributed by atoms with van der Waals surface area (Å²) in [7, 11) is -4.02. The molecular formula is C11H19NO4S. The lowest BCUT2D eigenvalue weighted by molar-refractivity contribution is 0.179. The molecule has 0 aliphatic heterocycles. The highest BCUT2D eigenvalue weighted by Gasteiger charge is 2.06. The van der Waals surface area contributed by atoms with Crippen LogP contribution in [0.3, 0.4) is 0 Å². The molecular weight excluding hydrogens is 242 g/mol. The van der Waals surface area contributed by atoms with Crippen LogP contribution in [0.2, 0.25) is 0 Å². The van der Waals surface area contributed by atoms with Gasteiger partial charge in [0.15, 0.2) is 0 Å². The van der Waals surface area contributed by atoms with E-state index in [1.807, 2.05) is 13.8 Å². The number of aryl methyl sites for hydroxylation is 1. The summed E-state index contributed by atoms with van der Waals surface area (Å²) < 4.78 is 29.6. The molecule has 17 heavy (non-hydrogen) atoms. The first-order chi connectivity index (χ1) is 7.81. The summed E-state index contributed by atoms with van der Waals surface area (Å²) in [6, 6.07) is 5.99. The highest BCUT2D eigenvalue weighted by molar-refractivity contribution is 7.85. The second-order valence-corrected chi connectivity index (χ2v) is 5.01. The molecule has 1 atom stereocenters. The third kappa shape index (κ3) is 7.06. The monoisotopic (exact) mass is 261 g/mol. The minimum Gasteiger partial charge on any atom is -0.392 e. The van der Waals surface area contributed by atoms with E-state index in [4.69, 9.17) is 15.4 Å². The lowest BCUT2D eigenvalue weighted by Gasteiger charge is -1.98. The molecule has 0 fully saturated rings. The Morgan fingerprint density at radius 1 is 1.29 bits per heavy atom. The van der Waals surface area contributed by atoms with Crippen molar-refractivity contribution in [1.82, 2.24) is 0 Å². The molecule has 1 aromatic rings. The van der Waals surface area contributed by atoms with Crippen molar-refractivity contribution in [2.24, 2.45) is 5.73 Å². The number of hydrogen-bond acceptors (Lipinski definition) is 4. The van der Waals surface area contributed by atoms with E-state index in [9.17, 15) is 8.42 Å². The van der Waals surface area contributed by atoms with Gasteiger partial charge in [-0.05, 0) is 25.5 Å². The smallest absolute Gasteiger partial charge is 0.294 e. The molecule has 1 aromatic carbocycles. The SMILES string of the molecule is CCC(O)CN.Cc1ccc(S(=O)(=O)O)cc1. The molecule has 5 nitrogen and oxygen atoms in total. The maximum absolute atomic E-state index is 10.5. The van der Waals surface area contributed by atoms with E-state index in [1.54, 1.807) is 12.1 Å². The molecule has 0 saturated heterocycles. The van der Waals surface area contributed by atoms with Gasteiger partial charge in [-0.15, -0.1) is 0 Å². The number of hydrogen-bond donors (Lipinski definition) is 3. The summed E-state index contributed by atoms with van der Waals surface area (Å²) in [5.74, 6) is 0. The van der Waals surface area contributed by atoms with Crippen LogP contribution in [0.4, 0.5) is 0 Å². The molecule has 1 unspecified atom stereocenters. The summed E-state index contributed by atoms with van der Waals surface area (Å²) in [6.07, 6.45) is 0.473. The lowest BCUT2D eigenvalue weighted by Crippen LogP contribution is -2.17. The summed E-state index contributed by atoms with van der Waals surface area (Å²) >= 11 is 0. The Labute approximate surface area is 102 Å². The first-order valence-corrected chi connectivity index (χ1v) is 6.67. The third-order valence-electron chi connectivity index (χ3n) is 2.06. The Balaban J connectivity index is 0.000000366. The zero-order valence-corrected chi connectivity index (χ0v) is 10.8. The van der Waals surface area contributed by atoms with Gasteiger partial charge in [0, 0.05) is 6.54 Å². The minimum atomic E-state index is -4.02. The summed E-state index contributed by atoms with van der Waals surface area (Å²) in [6.45, 7) is 4.13. The normalized spacial score (nSPS) is 12.5. The van der Waals surface area contributed by atoms with Crippen molar-refractivity contribution < 1.29 is 18.1 Å². The van der Waals surface area contributed by atoms with Crippen LogP contribution < -0.4 is 5.73 Å². The van der Waals surface area contributed by atoms with Crippen LogP contribution in [0.25, 0.3) is 0 Å². The molecule has 0 amide bonds. The van der Waals surface area contributed by atoms with E-state index >= 15 is 0 Å². The van der Waals surface area contributed by atoms with Crippen LogP contribution in [-0.2, 0) is 10.1 Å². The van der Waals surface area contributed by atoms with Crippen LogP contribution in [0, 0.1) is 6.92 Å². The Kier molecular flexibility index (Phi) is 6.98. The van der Waals surface area contributed by atoms with Crippen molar-refractivity contribution >= 4 is 10.1 Å². The van der Waals surface area contributed by atoms with Crippen molar-refractivity contribution in [3.05, 3.63) is 29.8 Å². The quantitative estimate of drug-likeness (QED) is 0.703. The molecule has 1 rings (SSSR count). The van der Waals surface area contributed by atoms with E-state index in [-0.39, 0.29) is 11.0 Å². The summed E-state index contributed by atoms with van der Waals surface area (Å²) in [5.41, 5.74) is 5.99. The number of rotatable bonds is 3. The van der Waals surface area contributed by atoms with E-state index in [1.165, 1.54) is 12.1 Å². The highest BCUT2D eigenvalue weighted by Crippen LogP contribution is 2.08. The van der Waals surface area contributed by atoms with E-state index in [0.29, 0.717) is 6.54 Å². The van der Waals surface area contributed by atoms with Gasteiger partial charge in [0.25, 0.3) is 10.1 Å². The van der Waals surface area contributed by atoms with Crippen molar-refractivity contribution in [2.75, 3.05) is 6.54 Å². The van der Waals surface area contributed by atoms with E-state index in [2.05, 4.69) is 0 Å². The van der Waals surface area contributed by atoms with Gasteiger partial charge >= 0.3 is 0 Å². The van der Waals surface area contributed by atoms with E-state index in [0.717, 1.165) is 12.0 Å². The van der Waals surface area contributed by atoms with Crippen LogP contribution in [0.15, 0.2) is 29.2 Å². The molecule has 6 heteroatoms. The number of nitrogens with two attached hydrogens (primary N) is 1. The molecule has 0 spiro atoms. The van der Waals surface area contributed by atoms with Crippen molar-refractivity contribution in [1.29, 1.82) is 0 Å². The molecule has 0 aliphatic rings. The van der Waals surface area contributed by atoms with Gasteiger partial charge in [-0.2, -0.15) is 8.42 Å². The Morgan fingerprint density at radius 2 is 1.76 bits per heavy atom. The van der Waals surface area contributed by atoms with Crippen LogP contribution in [0.5, 0.6) is 0 Å². The van der Waals surface area contributed by atoms with Crippen LogP contribution in [0.1, 0.15) is 18.9 Å². The van der Waals surface area contributed by atoms with Gasteiger partial charge in [0.1, 0.15) is 0 Å². The maximum Gasteiger partial charge on any atom is 0.294 e. The lowest BCUT2D eigenvalue weighted by atomic mass is 10.2. The van der Waals surface area contributed by atoms with Crippen LogP contribution >= 0.6 is 0 Å². The molecule has 0 aliphatic carbocycles. The van der Waals surface area contributed by atoms with Gasteiger partial charge in [-0.3, -0.25) is 4.55 Å². The third-order valence-corrected chi connectivity index (χ3v) is 2.93. The zero-order valence-electron chi connectivity index (χ0n) is 10.00. The Morgan fingerprint density at radius 3 is 2.00 bits per heavy atom. The van der Waals surface area contributed by atoms with Crippen LogP contribution in [-0.4, -0.2) is 30.7 Å². The summed E-state index contributed by atoms with van der Waals surface area (Å²) in [5, 5.41) is 8.54. The second-order valence-electron chi connectivity index (χ2n) is 3.59. The van der Waals surface area contributed by atoms with Crippen molar-refractivity contribution in [2.45, 2.75) is 31.3 Å². The fourth-order valence-corrected chi connectivity index (χ4v) is 1.36. The first kappa shape index (κ1) is 16.1. The minimum absolute atomic E-state index is 0.0666. The van der Waals surface area contributed by atoms with E-state index < -0.39 is 10.1 Å². The topological polar surface area (TPSA) is 101 Å². The molecule has 0 bridgehead atoms. The number of aliphatic hydroxyl groups is 1. The standard InChI is InChI=1S/C7H8O3S.C4H11NO/c1-6-2-4-7(5-3-6)11(8,9)10;1-2-4(6)3-5/h2-5H,1H3,(H,8,9,10);4,6H,2-3,5H2,1H3. The number of benzene rings is 1. The number of aliphatic hydroxyl groups excluding tert-OH is 1. The molecule has 4 N–H and O–H groups in total. The van der Waals surface area contributed by atoms with Gasteiger partial charge < -0.3 is 10.8 Å². The molecule has 0 heterocycles. The molecule has 0 saturated carbocycles. The predicted octanol–water partition coefficient (Wildman–Crippen LogP) is 0.958. The molecule has 0 aromatic heterocycles. The van der Waals surface area contributed by atoms with Gasteiger partial charge in [-0.1, -0.05) is 24.6 Å². The highest BCUT2D eigenvalue weighted by atomic mass is 32.2. The average molecular weight is 261 g/mol. The average Bonchev–Trinajstić information content (AvgIpc) is 2.28. The zero-order chi connectivity index (χ0) is 13.5. The summed E-state index contributed by atoms with van der Waals surface area (Å²) in [4.78, 5) is -0.0666. The Bertz CT molecular complexity index is 410.